The molecular weight excluding hydrogens is 545 g/mol. The monoisotopic (exact) mass is 575 g/mol. The number of rotatable bonds is 11. The molecule has 10 heteroatoms. The van der Waals surface area contributed by atoms with Crippen molar-refractivity contribution >= 4 is 50.7 Å². The zero-order valence-electron chi connectivity index (χ0n) is 21.5. The minimum atomic E-state index is -4.10. The van der Waals surface area contributed by atoms with Crippen molar-refractivity contribution in [2.75, 3.05) is 17.4 Å². The van der Waals surface area contributed by atoms with Crippen LogP contribution in [-0.2, 0) is 26.2 Å². The molecule has 1 N–H and O–H groups in total. The summed E-state index contributed by atoms with van der Waals surface area (Å²) in [5.41, 5.74) is 1.83. The fourth-order valence-corrected chi connectivity index (χ4v) is 5.59. The van der Waals surface area contributed by atoms with E-state index in [1.54, 1.807) is 61.5 Å². The first kappa shape index (κ1) is 29.5. The average Bonchev–Trinajstić information content (AvgIpc) is 2.90. The summed E-state index contributed by atoms with van der Waals surface area (Å²) in [5.74, 6) is -0.885. The molecule has 0 unspecified atom stereocenters. The quantitative estimate of drug-likeness (QED) is 0.330. The number of sulfonamides is 1. The number of hydrogen-bond acceptors (Lipinski definition) is 4. The second-order valence-electron chi connectivity index (χ2n) is 8.90. The zero-order valence-corrected chi connectivity index (χ0v) is 23.9. The number of amides is 2. The van der Waals surface area contributed by atoms with E-state index in [9.17, 15) is 18.0 Å². The maximum absolute atomic E-state index is 13.8. The second kappa shape index (κ2) is 13.1. The fourth-order valence-electron chi connectivity index (χ4n) is 3.84. The van der Waals surface area contributed by atoms with Crippen molar-refractivity contribution < 1.29 is 18.0 Å². The number of carbonyl (C=O) groups excluding carboxylic acids is 2. The molecular formula is C28H31Cl2N3O4S. The first-order valence-electron chi connectivity index (χ1n) is 12.2. The van der Waals surface area contributed by atoms with E-state index in [2.05, 4.69) is 5.32 Å². The highest BCUT2D eigenvalue weighted by molar-refractivity contribution is 7.92. The van der Waals surface area contributed by atoms with Crippen LogP contribution >= 0.6 is 23.2 Å². The number of carbonyl (C=O) groups is 2. The van der Waals surface area contributed by atoms with Gasteiger partial charge < -0.3 is 10.2 Å². The standard InChI is InChI=1S/C28H31Cl2N3O4S/c1-4-15-31-28(35)21(3)32(18-22-13-14-25(29)26(30)17-22)27(34)19-33(23-10-8-9-20(2)16-23)38(36,37)24-11-6-5-7-12-24/h5-14,16-17,21H,4,15,18-19H2,1-3H3,(H,31,35)/t21-/m1/s1. The third-order valence-corrected chi connectivity index (χ3v) is 8.48. The van der Waals surface area contributed by atoms with Gasteiger partial charge in [0.15, 0.2) is 0 Å². The molecule has 0 aliphatic rings. The van der Waals surface area contributed by atoms with Crippen molar-refractivity contribution in [3.8, 4) is 0 Å². The normalized spacial score (nSPS) is 12.0. The molecule has 0 spiro atoms. The van der Waals surface area contributed by atoms with Gasteiger partial charge in [-0.1, -0.05) is 66.5 Å². The van der Waals surface area contributed by atoms with Crippen LogP contribution in [0.4, 0.5) is 5.69 Å². The van der Waals surface area contributed by atoms with Gasteiger partial charge in [-0.3, -0.25) is 13.9 Å². The number of anilines is 1. The molecule has 0 aliphatic heterocycles. The lowest BCUT2D eigenvalue weighted by atomic mass is 10.1. The van der Waals surface area contributed by atoms with Gasteiger partial charge in [-0.15, -0.1) is 0 Å². The van der Waals surface area contributed by atoms with Crippen LogP contribution in [0.15, 0.2) is 77.7 Å². The maximum Gasteiger partial charge on any atom is 0.264 e. The molecule has 3 aromatic rings. The molecule has 0 radical (unpaired) electrons. The SMILES string of the molecule is CCCNC(=O)[C@@H](C)N(Cc1ccc(Cl)c(Cl)c1)C(=O)CN(c1cccc(C)c1)S(=O)(=O)c1ccccc1. The van der Waals surface area contributed by atoms with E-state index in [-0.39, 0.29) is 17.3 Å². The Morgan fingerprint density at radius 1 is 0.947 bits per heavy atom. The molecule has 0 aromatic heterocycles. The van der Waals surface area contributed by atoms with E-state index in [4.69, 9.17) is 23.2 Å². The maximum atomic E-state index is 13.8. The van der Waals surface area contributed by atoms with Crippen LogP contribution in [0.2, 0.25) is 10.0 Å². The summed E-state index contributed by atoms with van der Waals surface area (Å²) < 4.78 is 28.5. The van der Waals surface area contributed by atoms with Crippen LogP contribution in [0.5, 0.6) is 0 Å². The summed E-state index contributed by atoms with van der Waals surface area (Å²) in [6.45, 7) is 5.36. The van der Waals surface area contributed by atoms with Crippen molar-refractivity contribution in [1.82, 2.24) is 10.2 Å². The molecule has 1 atom stereocenters. The number of aryl methyl sites for hydroxylation is 1. The first-order valence-corrected chi connectivity index (χ1v) is 14.4. The summed E-state index contributed by atoms with van der Waals surface area (Å²) in [7, 11) is -4.10. The number of hydrogen-bond donors (Lipinski definition) is 1. The third kappa shape index (κ3) is 7.28. The van der Waals surface area contributed by atoms with Gasteiger partial charge in [-0.05, 0) is 67.8 Å². The number of benzene rings is 3. The Morgan fingerprint density at radius 3 is 2.29 bits per heavy atom. The molecule has 0 saturated heterocycles. The molecule has 0 bridgehead atoms. The van der Waals surface area contributed by atoms with Gasteiger partial charge in [0.1, 0.15) is 12.6 Å². The molecule has 2 amide bonds. The smallest absolute Gasteiger partial charge is 0.264 e. The Balaban J connectivity index is 2.02. The highest BCUT2D eigenvalue weighted by Crippen LogP contribution is 2.26. The second-order valence-corrected chi connectivity index (χ2v) is 11.6. The number of nitrogens with one attached hydrogen (secondary N) is 1. The minimum absolute atomic E-state index is 0.0312. The molecule has 38 heavy (non-hydrogen) atoms. The molecule has 3 aromatic carbocycles. The van der Waals surface area contributed by atoms with Gasteiger partial charge in [-0.2, -0.15) is 0 Å². The first-order chi connectivity index (χ1) is 18.0. The van der Waals surface area contributed by atoms with Crippen LogP contribution in [0, 0.1) is 6.92 Å². The molecule has 202 valence electrons. The lowest BCUT2D eigenvalue weighted by Crippen LogP contribution is -2.51. The van der Waals surface area contributed by atoms with E-state index in [1.165, 1.54) is 17.0 Å². The van der Waals surface area contributed by atoms with Crippen LogP contribution in [0.25, 0.3) is 0 Å². The topological polar surface area (TPSA) is 86.8 Å². The van der Waals surface area contributed by atoms with Crippen LogP contribution in [-0.4, -0.2) is 44.3 Å². The Hall–Kier alpha value is -3.07. The predicted molar refractivity (Wildman–Crippen MR) is 152 cm³/mol. The molecule has 0 fully saturated rings. The van der Waals surface area contributed by atoms with E-state index in [0.717, 1.165) is 16.3 Å². The molecule has 0 saturated carbocycles. The highest BCUT2D eigenvalue weighted by atomic mass is 35.5. The lowest BCUT2D eigenvalue weighted by Gasteiger charge is -2.32. The Labute approximate surface area is 234 Å². The summed E-state index contributed by atoms with van der Waals surface area (Å²) in [6, 6.07) is 18.9. The molecule has 0 aliphatic carbocycles. The average molecular weight is 577 g/mol. The van der Waals surface area contributed by atoms with E-state index in [1.807, 2.05) is 19.9 Å². The molecule has 7 nitrogen and oxygen atoms in total. The van der Waals surface area contributed by atoms with Gasteiger partial charge >= 0.3 is 0 Å². The van der Waals surface area contributed by atoms with Crippen molar-refractivity contribution in [2.45, 2.75) is 44.7 Å². The van der Waals surface area contributed by atoms with Crippen molar-refractivity contribution in [3.05, 3.63) is 94.0 Å². The highest BCUT2D eigenvalue weighted by Gasteiger charge is 2.32. The largest absolute Gasteiger partial charge is 0.354 e. The third-order valence-electron chi connectivity index (χ3n) is 5.95. The van der Waals surface area contributed by atoms with Crippen LogP contribution in [0.1, 0.15) is 31.4 Å². The van der Waals surface area contributed by atoms with Gasteiger partial charge in [0.2, 0.25) is 11.8 Å². The number of nitrogens with zero attached hydrogens (tertiary/aromatic N) is 2. The molecule has 0 heterocycles. The summed E-state index contributed by atoms with van der Waals surface area (Å²) in [5, 5.41) is 3.49. The van der Waals surface area contributed by atoms with Crippen LogP contribution < -0.4 is 9.62 Å². The van der Waals surface area contributed by atoms with Gasteiger partial charge in [0.25, 0.3) is 10.0 Å². The Bertz CT molecular complexity index is 1380. The fraction of sp³-hybridized carbons (Fsp3) is 0.286. The van der Waals surface area contributed by atoms with E-state index in [0.29, 0.717) is 27.8 Å². The number of halogens is 2. The zero-order chi connectivity index (χ0) is 27.9. The van der Waals surface area contributed by atoms with Gasteiger partial charge in [0, 0.05) is 13.1 Å². The Morgan fingerprint density at radius 2 is 1.66 bits per heavy atom. The summed E-state index contributed by atoms with van der Waals surface area (Å²) in [4.78, 5) is 28.2. The van der Waals surface area contributed by atoms with E-state index < -0.39 is 28.5 Å². The van der Waals surface area contributed by atoms with Crippen LogP contribution in [0.3, 0.4) is 0 Å². The van der Waals surface area contributed by atoms with Crippen molar-refractivity contribution in [3.63, 3.8) is 0 Å². The Kier molecular flexibility index (Phi) is 10.2. The van der Waals surface area contributed by atoms with Crippen molar-refractivity contribution in [2.24, 2.45) is 0 Å². The van der Waals surface area contributed by atoms with E-state index >= 15 is 0 Å². The summed E-state index contributed by atoms with van der Waals surface area (Å²) >= 11 is 12.2. The molecule has 3 rings (SSSR count). The summed E-state index contributed by atoms with van der Waals surface area (Å²) in [6.07, 6.45) is 0.732. The lowest BCUT2D eigenvalue weighted by molar-refractivity contribution is -0.139. The van der Waals surface area contributed by atoms with Gasteiger partial charge in [0.05, 0.1) is 20.6 Å². The minimum Gasteiger partial charge on any atom is -0.354 e. The predicted octanol–water partition coefficient (Wildman–Crippen LogP) is 5.44. The van der Waals surface area contributed by atoms with Crippen molar-refractivity contribution in [1.29, 1.82) is 0 Å². The van der Waals surface area contributed by atoms with Gasteiger partial charge in [-0.25, -0.2) is 8.42 Å².